The molecule has 0 aliphatic heterocycles. The number of carbonyl (C=O) groups excluding carboxylic acids is 2. The Morgan fingerprint density at radius 2 is 1.72 bits per heavy atom. The van der Waals surface area contributed by atoms with Gasteiger partial charge in [0.05, 0.1) is 18.4 Å². The van der Waals surface area contributed by atoms with Gasteiger partial charge in [-0.25, -0.2) is 4.79 Å². The summed E-state index contributed by atoms with van der Waals surface area (Å²) in [5.74, 6) is 1.41. The van der Waals surface area contributed by atoms with E-state index in [4.69, 9.17) is 4.74 Å². The van der Waals surface area contributed by atoms with Crippen molar-refractivity contribution in [1.82, 2.24) is 10.2 Å². The van der Waals surface area contributed by atoms with Crippen LogP contribution < -0.4 is 5.32 Å². The van der Waals surface area contributed by atoms with E-state index in [2.05, 4.69) is 15.5 Å². The standard InChI is InChI=1S/C20H19N3O3S3/c1-26-18(25)16-9-7-15(8-10-16)12-28-20-23-22-19(29-20)21-17(24)13-27-11-14-5-3-2-4-6-14/h2-10H,11-13H2,1H3,(H,21,22,24). The molecule has 150 valence electrons. The molecule has 0 saturated carbocycles. The van der Waals surface area contributed by atoms with Crippen LogP contribution in [0.3, 0.4) is 0 Å². The number of esters is 1. The third-order valence-corrected chi connectivity index (χ3v) is 6.78. The van der Waals surface area contributed by atoms with Crippen LogP contribution in [0.2, 0.25) is 0 Å². The van der Waals surface area contributed by atoms with Gasteiger partial charge in [-0.1, -0.05) is 65.6 Å². The molecule has 0 atom stereocenters. The number of hydrogen-bond acceptors (Lipinski definition) is 8. The number of anilines is 1. The lowest BCUT2D eigenvalue weighted by atomic mass is 10.1. The van der Waals surface area contributed by atoms with Crippen molar-refractivity contribution in [1.29, 1.82) is 0 Å². The highest BCUT2D eigenvalue weighted by Gasteiger charge is 2.10. The maximum absolute atomic E-state index is 12.1. The maximum atomic E-state index is 12.1. The second-order valence-corrected chi connectivity index (χ2v) is 9.06. The van der Waals surface area contributed by atoms with Crippen LogP contribution >= 0.6 is 34.9 Å². The molecule has 1 heterocycles. The minimum absolute atomic E-state index is 0.0861. The Morgan fingerprint density at radius 1 is 1.00 bits per heavy atom. The first-order valence-electron chi connectivity index (χ1n) is 8.69. The molecule has 2 aromatic carbocycles. The van der Waals surface area contributed by atoms with Gasteiger partial charge in [-0.2, -0.15) is 0 Å². The Morgan fingerprint density at radius 3 is 2.45 bits per heavy atom. The van der Waals surface area contributed by atoms with E-state index < -0.39 is 0 Å². The molecule has 0 aliphatic carbocycles. The molecule has 0 bridgehead atoms. The quantitative estimate of drug-likeness (QED) is 0.295. The molecule has 0 radical (unpaired) electrons. The summed E-state index contributed by atoms with van der Waals surface area (Å²) in [5.41, 5.74) is 2.77. The van der Waals surface area contributed by atoms with Gasteiger partial charge in [-0.05, 0) is 23.3 Å². The Balaban J connectivity index is 1.41. The van der Waals surface area contributed by atoms with Crippen LogP contribution in [0.5, 0.6) is 0 Å². The van der Waals surface area contributed by atoms with Crippen LogP contribution in [-0.4, -0.2) is 34.9 Å². The fourth-order valence-corrected chi connectivity index (χ4v) is 4.82. The summed E-state index contributed by atoms with van der Waals surface area (Å²) < 4.78 is 5.46. The van der Waals surface area contributed by atoms with Crippen molar-refractivity contribution in [2.75, 3.05) is 18.2 Å². The molecular weight excluding hydrogens is 426 g/mol. The molecule has 3 aromatic rings. The number of rotatable bonds is 9. The third-order valence-electron chi connectivity index (χ3n) is 3.73. The van der Waals surface area contributed by atoms with Gasteiger partial charge in [-0.15, -0.1) is 22.0 Å². The molecule has 0 unspecified atom stereocenters. The summed E-state index contributed by atoms with van der Waals surface area (Å²) in [7, 11) is 1.36. The number of aromatic nitrogens is 2. The second-order valence-electron chi connectivity index (χ2n) is 5.88. The normalized spacial score (nSPS) is 10.5. The van der Waals surface area contributed by atoms with Gasteiger partial charge in [0.25, 0.3) is 0 Å². The number of benzene rings is 2. The predicted octanol–water partition coefficient (Wildman–Crippen LogP) is 4.49. The van der Waals surface area contributed by atoms with Crippen LogP contribution in [0.4, 0.5) is 5.13 Å². The zero-order chi connectivity index (χ0) is 20.5. The number of thioether (sulfide) groups is 2. The first-order chi connectivity index (χ1) is 14.1. The van der Waals surface area contributed by atoms with Crippen LogP contribution in [0.25, 0.3) is 0 Å². The van der Waals surface area contributed by atoms with Crippen molar-refractivity contribution in [3.8, 4) is 0 Å². The van der Waals surface area contributed by atoms with Crippen LogP contribution in [0.15, 0.2) is 58.9 Å². The minimum Gasteiger partial charge on any atom is -0.465 e. The molecule has 3 rings (SSSR count). The van der Waals surface area contributed by atoms with E-state index in [1.54, 1.807) is 23.9 Å². The fourth-order valence-electron chi connectivity index (χ4n) is 2.31. The van der Waals surface area contributed by atoms with E-state index in [1.807, 2.05) is 42.5 Å². The van der Waals surface area contributed by atoms with Crippen LogP contribution in [0, 0.1) is 0 Å². The molecule has 1 N–H and O–H groups in total. The highest BCUT2D eigenvalue weighted by atomic mass is 32.2. The number of ether oxygens (including phenoxy) is 1. The minimum atomic E-state index is -0.351. The monoisotopic (exact) mass is 445 g/mol. The van der Waals surface area contributed by atoms with Crippen molar-refractivity contribution in [2.24, 2.45) is 0 Å². The lowest BCUT2D eigenvalue weighted by molar-refractivity contribution is -0.113. The SMILES string of the molecule is COC(=O)c1ccc(CSc2nnc(NC(=O)CSCc3ccccc3)s2)cc1. The van der Waals surface area contributed by atoms with Crippen molar-refractivity contribution < 1.29 is 14.3 Å². The Bertz CT molecular complexity index is 946. The summed E-state index contributed by atoms with van der Waals surface area (Å²) >= 11 is 4.44. The summed E-state index contributed by atoms with van der Waals surface area (Å²) in [6, 6.07) is 17.3. The van der Waals surface area contributed by atoms with Gasteiger partial charge in [0.1, 0.15) is 0 Å². The van der Waals surface area contributed by atoms with Crippen molar-refractivity contribution >= 4 is 51.9 Å². The zero-order valence-corrected chi connectivity index (χ0v) is 18.1. The number of carbonyl (C=O) groups is 2. The molecule has 0 fully saturated rings. The van der Waals surface area contributed by atoms with Crippen molar-refractivity contribution in [2.45, 2.75) is 15.8 Å². The molecule has 29 heavy (non-hydrogen) atoms. The molecule has 0 spiro atoms. The maximum Gasteiger partial charge on any atom is 0.337 e. The zero-order valence-electron chi connectivity index (χ0n) is 15.7. The smallest absolute Gasteiger partial charge is 0.337 e. The van der Waals surface area contributed by atoms with Gasteiger partial charge >= 0.3 is 5.97 Å². The highest BCUT2D eigenvalue weighted by Crippen LogP contribution is 2.28. The lowest BCUT2D eigenvalue weighted by Crippen LogP contribution is -2.13. The van der Waals surface area contributed by atoms with E-state index in [9.17, 15) is 9.59 Å². The molecule has 1 aromatic heterocycles. The lowest BCUT2D eigenvalue weighted by Gasteiger charge is -2.02. The molecule has 9 heteroatoms. The van der Waals surface area contributed by atoms with Gasteiger partial charge in [0.15, 0.2) is 4.34 Å². The van der Waals surface area contributed by atoms with Crippen LogP contribution in [0.1, 0.15) is 21.5 Å². The van der Waals surface area contributed by atoms with Gasteiger partial charge in [0, 0.05) is 11.5 Å². The summed E-state index contributed by atoms with van der Waals surface area (Å²) in [6.45, 7) is 0. The Kier molecular flexibility index (Phi) is 8.09. The molecule has 0 saturated heterocycles. The van der Waals surface area contributed by atoms with Crippen molar-refractivity contribution in [3.05, 3.63) is 71.3 Å². The highest BCUT2D eigenvalue weighted by molar-refractivity contribution is 8.00. The second kappa shape index (κ2) is 11.0. The number of nitrogens with zero attached hydrogens (tertiary/aromatic N) is 2. The largest absolute Gasteiger partial charge is 0.465 e. The third kappa shape index (κ3) is 6.88. The van der Waals surface area contributed by atoms with E-state index >= 15 is 0 Å². The summed E-state index contributed by atoms with van der Waals surface area (Å²) in [6.07, 6.45) is 0. The van der Waals surface area contributed by atoms with E-state index in [0.29, 0.717) is 22.2 Å². The summed E-state index contributed by atoms with van der Waals surface area (Å²) in [5, 5.41) is 11.4. The van der Waals surface area contributed by atoms with Gasteiger partial charge in [0.2, 0.25) is 11.0 Å². The first kappa shape index (κ1) is 21.4. The number of nitrogens with one attached hydrogen (secondary N) is 1. The van der Waals surface area contributed by atoms with E-state index in [-0.39, 0.29) is 11.9 Å². The summed E-state index contributed by atoms with van der Waals surface area (Å²) in [4.78, 5) is 23.5. The van der Waals surface area contributed by atoms with E-state index in [1.165, 1.54) is 35.8 Å². The molecular formula is C20H19N3O3S3. The molecule has 6 nitrogen and oxygen atoms in total. The average Bonchev–Trinajstić information content (AvgIpc) is 3.20. The fraction of sp³-hybridized carbons (Fsp3) is 0.200. The molecule has 0 aliphatic rings. The Hall–Kier alpha value is -2.36. The van der Waals surface area contributed by atoms with E-state index in [0.717, 1.165) is 15.7 Å². The number of hydrogen-bond donors (Lipinski definition) is 1. The predicted molar refractivity (Wildman–Crippen MR) is 118 cm³/mol. The Labute approximate surface area is 181 Å². The topological polar surface area (TPSA) is 81.2 Å². The number of methoxy groups -OCH3 is 1. The molecule has 1 amide bonds. The first-order valence-corrected chi connectivity index (χ1v) is 11.6. The van der Waals surface area contributed by atoms with Gasteiger partial charge in [-0.3, -0.25) is 10.1 Å². The average molecular weight is 446 g/mol. The van der Waals surface area contributed by atoms with Gasteiger partial charge < -0.3 is 4.74 Å². The van der Waals surface area contributed by atoms with Crippen molar-refractivity contribution in [3.63, 3.8) is 0 Å². The number of amides is 1. The van der Waals surface area contributed by atoms with Crippen LogP contribution in [-0.2, 0) is 21.0 Å².